The van der Waals surface area contributed by atoms with Gasteiger partial charge in [0, 0.05) is 18.2 Å². The van der Waals surface area contributed by atoms with E-state index in [-0.39, 0.29) is 24.2 Å². The average molecular weight is 276 g/mol. The summed E-state index contributed by atoms with van der Waals surface area (Å²) < 4.78 is 10.3. The molecule has 0 radical (unpaired) electrons. The average Bonchev–Trinajstić information content (AvgIpc) is 2.34. The highest BCUT2D eigenvalue weighted by atomic mass is 35.5. The summed E-state index contributed by atoms with van der Waals surface area (Å²) >= 11 is 0. The van der Waals surface area contributed by atoms with E-state index in [2.05, 4.69) is 6.92 Å². The number of methoxy groups -OCH3 is 2. The van der Waals surface area contributed by atoms with Crippen molar-refractivity contribution in [3.63, 3.8) is 0 Å². The summed E-state index contributed by atoms with van der Waals surface area (Å²) in [6.45, 7) is 2.11. The predicted octanol–water partition coefficient (Wildman–Crippen LogP) is 3.02. The number of unbranched alkanes of at least 4 members (excludes halogenated alkanes) is 1. The summed E-state index contributed by atoms with van der Waals surface area (Å²) in [6.07, 6.45) is 2.93. The number of halogens is 1. The standard InChI is InChI=1S/C13H21NO3.ClH/c1-4-5-6-10(14)13-11(15)7-9(16-2)8-12(13)17-3;/h7-8,10,15H,4-6,14H2,1-3H3;1H/t10-;/m0./s1. The summed E-state index contributed by atoms with van der Waals surface area (Å²) in [7, 11) is 3.11. The molecule has 3 N–H and O–H groups in total. The molecular weight excluding hydrogens is 254 g/mol. The van der Waals surface area contributed by atoms with Crippen LogP contribution in [0.2, 0.25) is 0 Å². The summed E-state index contributed by atoms with van der Waals surface area (Å²) in [5.41, 5.74) is 6.72. The topological polar surface area (TPSA) is 64.7 Å². The van der Waals surface area contributed by atoms with E-state index in [0.29, 0.717) is 17.1 Å². The van der Waals surface area contributed by atoms with Crippen LogP contribution in [-0.4, -0.2) is 19.3 Å². The molecule has 0 amide bonds. The Bertz CT molecular complexity index is 371. The van der Waals surface area contributed by atoms with Crippen LogP contribution in [0.1, 0.15) is 37.8 Å². The molecule has 0 heterocycles. The molecule has 0 unspecified atom stereocenters. The minimum Gasteiger partial charge on any atom is -0.507 e. The van der Waals surface area contributed by atoms with Gasteiger partial charge in [0.2, 0.25) is 0 Å². The van der Waals surface area contributed by atoms with Crippen molar-refractivity contribution < 1.29 is 14.6 Å². The van der Waals surface area contributed by atoms with Gasteiger partial charge in [0.05, 0.1) is 19.8 Å². The van der Waals surface area contributed by atoms with Crippen molar-refractivity contribution in [3.8, 4) is 17.2 Å². The molecule has 4 nitrogen and oxygen atoms in total. The first-order valence-electron chi connectivity index (χ1n) is 5.84. The van der Waals surface area contributed by atoms with Crippen LogP contribution < -0.4 is 15.2 Å². The molecule has 1 rings (SSSR count). The Morgan fingerprint density at radius 3 is 2.44 bits per heavy atom. The minimum absolute atomic E-state index is 0. The Kier molecular flexibility index (Phi) is 7.55. The molecule has 0 aromatic heterocycles. The molecule has 104 valence electrons. The molecule has 0 aliphatic heterocycles. The number of aromatic hydroxyl groups is 1. The second kappa shape index (κ2) is 8.06. The normalized spacial score (nSPS) is 11.6. The number of nitrogens with two attached hydrogens (primary N) is 1. The number of ether oxygens (including phenoxy) is 2. The molecule has 0 bridgehead atoms. The number of phenolic OH excluding ortho intramolecular Hbond substituents is 1. The first kappa shape index (κ1) is 16.9. The van der Waals surface area contributed by atoms with Crippen molar-refractivity contribution in [1.82, 2.24) is 0 Å². The fourth-order valence-electron chi connectivity index (χ4n) is 1.82. The second-order valence-electron chi connectivity index (χ2n) is 4.01. The summed E-state index contributed by atoms with van der Waals surface area (Å²) in [5.74, 6) is 1.26. The van der Waals surface area contributed by atoms with E-state index in [4.69, 9.17) is 15.2 Å². The fourth-order valence-corrected chi connectivity index (χ4v) is 1.82. The predicted molar refractivity (Wildman–Crippen MR) is 74.9 cm³/mol. The van der Waals surface area contributed by atoms with Crippen molar-refractivity contribution in [2.24, 2.45) is 5.73 Å². The smallest absolute Gasteiger partial charge is 0.131 e. The van der Waals surface area contributed by atoms with Gasteiger partial charge in [-0.3, -0.25) is 0 Å². The fraction of sp³-hybridized carbons (Fsp3) is 0.538. The zero-order chi connectivity index (χ0) is 12.8. The Morgan fingerprint density at radius 1 is 1.28 bits per heavy atom. The Labute approximate surface area is 115 Å². The van der Waals surface area contributed by atoms with Crippen molar-refractivity contribution in [2.75, 3.05) is 14.2 Å². The van der Waals surface area contributed by atoms with E-state index in [1.165, 1.54) is 0 Å². The Morgan fingerprint density at radius 2 is 1.94 bits per heavy atom. The van der Waals surface area contributed by atoms with Gasteiger partial charge in [-0.2, -0.15) is 0 Å². The van der Waals surface area contributed by atoms with Gasteiger partial charge in [-0.25, -0.2) is 0 Å². The van der Waals surface area contributed by atoms with E-state index in [9.17, 15) is 5.11 Å². The third kappa shape index (κ3) is 3.96. The van der Waals surface area contributed by atoms with Gasteiger partial charge in [-0.05, 0) is 6.42 Å². The van der Waals surface area contributed by atoms with E-state index in [0.717, 1.165) is 19.3 Å². The van der Waals surface area contributed by atoms with Crippen LogP contribution in [0.5, 0.6) is 17.2 Å². The number of phenols is 1. The highest BCUT2D eigenvalue weighted by Gasteiger charge is 2.18. The largest absolute Gasteiger partial charge is 0.507 e. The van der Waals surface area contributed by atoms with Crippen LogP contribution >= 0.6 is 12.4 Å². The molecule has 0 saturated heterocycles. The van der Waals surface area contributed by atoms with Crippen LogP contribution in [0.3, 0.4) is 0 Å². The lowest BCUT2D eigenvalue weighted by molar-refractivity contribution is 0.373. The van der Waals surface area contributed by atoms with Gasteiger partial charge in [0.1, 0.15) is 17.2 Å². The first-order valence-corrected chi connectivity index (χ1v) is 5.84. The van der Waals surface area contributed by atoms with Crippen LogP contribution in [0.15, 0.2) is 12.1 Å². The monoisotopic (exact) mass is 275 g/mol. The van der Waals surface area contributed by atoms with Crippen molar-refractivity contribution in [2.45, 2.75) is 32.2 Å². The van der Waals surface area contributed by atoms with Gasteiger partial charge in [0.15, 0.2) is 0 Å². The molecule has 0 aliphatic carbocycles. The van der Waals surface area contributed by atoms with Gasteiger partial charge in [-0.15, -0.1) is 12.4 Å². The Hall–Kier alpha value is -1.13. The highest BCUT2D eigenvalue weighted by molar-refractivity contribution is 5.85. The number of hydrogen-bond donors (Lipinski definition) is 2. The lowest BCUT2D eigenvalue weighted by Gasteiger charge is -2.18. The maximum atomic E-state index is 9.96. The van der Waals surface area contributed by atoms with Crippen molar-refractivity contribution in [1.29, 1.82) is 0 Å². The summed E-state index contributed by atoms with van der Waals surface area (Å²) in [5, 5.41) is 9.96. The minimum atomic E-state index is -0.212. The Balaban J connectivity index is 0.00000289. The second-order valence-corrected chi connectivity index (χ2v) is 4.01. The molecule has 1 aromatic rings. The number of hydrogen-bond acceptors (Lipinski definition) is 4. The van der Waals surface area contributed by atoms with Gasteiger partial charge >= 0.3 is 0 Å². The zero-order valence-electron chi connectivity index (χ0n) is 11.1. The number of rotatable bonds is 6. The van der Waals surface area contributed by atoms with Crippen LogP contribution in [0.25, 0.3) is 0 Å². The molecule has 0 saturated carbocycles. The molecule has 1 atom stereocenters. The van der Waals surface area contributed by atoms with Gasteiger partial charge in [-0.1, -0.05) is 19.8 Å². The molecular formula is C13H22ClNO3. The molecule has 0 spiro atoms. The first-order chi connectivity index (χ1) is 8.13. The molecule has 1 aromatic carbocycles. The van der Waals surface area contributed by atoms with Crippen molar-refractivity contribution >= 4 is 12.4 Å². The van der Waals surface area contributed by atoms with E-state index >= 15 is 0 Å². The van der Waals surface area contributed by atoms with E-state index in [1.807, 2.05) is 0 Å². The summed E-state index contributed by atoms with van der Waals surface area (Å²) in [4.78, 5) is 0. The molecule has 5 heteroatoms. The quantitative estimate of drug-likeness (QED) is 0.838. The van der Waals surface area contributed by atoms with Crippen molar-refractivity contribution in [3.05, 3.63) is 17.7 Å². The zero-order valence-corrected chi connectivity index (χ0v) is 11.9. The third-order valence-electron chi connectivity index (χ3n) is 2.79. The summed E-state index contributed by atoms with van der Waals surface area (Å²) in [6, 6.07) is 3.08. The molecule has 0 aliphatic rings. The van der Waals surface area contributed by atoms with Crippen LogP contribution in [0, 0.1) is 0 Å². The number of benzene rings is 1. The van der Waals surface area contributed by atoms with Crippen LogP contribution in [-0.2, 0) is 0 Å². The van der Waals surface area contributed by atoms with E-state index < -0.39 is 0 Å². The van der Waals surface area contributed by atoms with Gasteiger partial charge < -0.3 is 20.3 Å². The van der Waals surface area contributed by atoms with Crippen LogP contribution in [0.4, 0.5) is 0 Å². The lowest BCUT2D eigenvalue weighted by Crippen LogP contribution is -2.12. The lowest BCUT2D eigenvalue weighted by atomic mass is 10.00. The SMILES string of the molecule is CCCC[C@H](N)c1c(O)cc(OC)cc1OC.Cl. The van der Waals surface area contributed by atoms with E-state index in [1.54, 1.807) is 26.4 Å². The highest BCUT2D eigenvalue weighted by Crippen LogP contribution is 2.38. The van der Waals surface area contributed by atoms with Gasteiger partial charge in [0.25, 0.3) is 0 Å². The molecule has 0 fully saturated rings. The molecule has 18 heavy (non-hydrogen) atoms. The maximum Gasteiger partial charge on any atom is 0.131 e. The maximum absolute atomic E-state index is 9.96. The third-order valence-corrected chi connectivity index (χ3v) is 2.79.